The molecule has 27 heavy (non-hydrogen) atoms. The van der Waals surface area contributed by atoms with E-state index >= 15 is 0 Å². The first-order valence-corrected chi connectivity index (χ1v) is 9.46. The molecule has 1 amide bonds. The van der Waals surface area contributed by atoms with E-state index in [-0.39, 0.29) is 18.0 Å². The highest BCUT2D eigenvalue weighted by molar-refractivity contribution is 9.10. The molecule has 0 spiro atoms. The van der Waals surface area contributed by atoms with Gasteiger partial charge in [0.1, 0.15) is 5.75 Å². The standard InChI is InChI=1S/C19H14Br2N2O4/c1-27-18-7-2-11-8-12(20)3-5-14(11)15(18)10-19(24)22-17-9-13(23(25)26)4-6-16(17)21/h2-9H,10H2,1H3,(H,22,24). The highest BCUT2D eigenvalue weighted by atomic mass is 79.9. The van der Waals surface area contributed by atoms with Gasteiger partial charge in [0, 0.05) is 26.6 Å². The van der Waals surface area contributed by atoms with Crippen molar-refractivity contribution in [3.05, 3.63) is 73.2 Å². The van der Waals surface area contributed by atoms with Crippen molar-refractivity contribution in [2.75, 3.05) is 12.4 Å². The molecule has 0 saturated carbocycles. The molecule has 0 aliphatic carbocycles. The second-order valence-corrected chi connectivity index (χ2v) is 7.53. The lowest BCUT2D eigenvalue weighted by molar-refractivity contribution is -0.384. The van der Waals surface area contributed by atoms with E-state index in [1.165, 1.54) is 18.2 Å². The Bertz CT molecular complexity index is 1050. The van der Waals surface area contributed by atoms with Crippen LogP contribution in [0.3, 0.4) is 0 Å². The second kappa shape index (κ2) is 8.06. The van der Waals surface area contributed by atoms with E-state index < -0.39 is 4.92 Å². The van der Waals surface area contributed by atoms with Crippen LogP contribution in [0.15, 0.2) is 57.5 Å². The number of methoxy groups -OCH3 is 1. The number of halogens is 2. The summed E-state index contributed by atoms with van der Waals surface area (Å²) in [5.74, 6) is 0.308. The fourth-order valence-corrected chi connectivity index (χ4v) is 3.52. The van der Waals surface area contributed by atoms with E-state index in [4.69, 9.17) is 4.74 Å². The summed E-state index contributed by atoms with van der Waals surface area (Å²) in [5, 5.41) is 15.6. The summed E-state index contributed by atoms with van der Waals surface area (Å²) in [7, 11) is 1.55. The Hall–Kier alpha value is -2.45. The number of non-ortho nitro benzene ring substituents is 1. The minimum Gasteiger partial charge on any atom is -0.496 e. The third-order valence-electron chi connectivity index (χ3n) is 4.04. The lowest BCUT2D eigenvalue weighted by Gasteiger charge is -2.13. The molecule has 0 bridgehead atoms. The molecule has 0 aliphatic heterocycles. The van der Waals surface area contributed by atoms with Gasteiger partial charge in [0.2, 0.25) is 5.91 Å². The largest absolute Gasteiger partial charge is 0.496 e. The third kappa shape index (κ3) is 4.28. The number of ether oxygens (including phenoxy) is 1. The monoisotopic (exact) mass is 492 g/mol. The van der Waals surface area contributed by atoms with Crippen molar-refractivity contribution in [3.63, 3.8) is 0 Å². The van der Waals surface area contributed by atoms with Gasteiger partial charge >= 0.3 is 0 Å². The van der Waals surface area contributed by atoms with Crippen molar-refractivity contribution < 1.29 is 14.5 Å². The van der Waals surface area contributed by atoms with Crippen LogP contribution in [0.5, 0.6) is 5.75 Å². The van der Waals surface area contributed by atoms with E-state index in [1.807, 2.05) is 30.3 Å². The molecule has 0 saturated heterocycles. The van der Waals surface area contributed by atoms with Crippen LogP contribution in [0.2, 0.25) is 0 Å². The average Bonchev–Trinajstić information content (AvgIpc) is 2.63. The molecular formula is C19H14Br2N2O4. The number of amides is 1. The van der Waals surface area contributed by atoms with Gasteiger partial charge in [-0.3, -0.25) is 14.9 Å². The van der Waals surface area contributed by atoms with Gasteiger partial charge in [-0.25, -0.2) is 0 Å². The summed E-state index contributed by atoms with van der Waals surface area (Å²) in [6.07, 6.45) is 0.0667. The molecule has 0 aromatic heterocycles. The predicted molar refractivity (Wildman–Crippen MR) is 111 cm³/mol. The number of carbonyl (C=O) groups is 1. The highest BCUT2D eigenvalue weighted by Crippen LogP contribution is 2.31. The summed E-state index contributed by atoms with van der Waals surface area (Å²) in [5.41, 5.74) is 0.999. The first-order valence-electron chi connectivity index (χ1n) is 7.88. The highest BCUT2D eigenvalue weighted by Gasteiger charge is 2.16. The number of nitro benzene ring substituents is 1. The van der Waals surface area contributed by atoms with Gasteiger partial charge in [0.15, 0.2) is 0 Å². The fraction of sp³-hybridized carbons (Fsp3) is 0.105. The van der Waals surface area contributed by atoms with Crippen LogP contribution in [0.4, 0.5) is 11.4 Å². The Morgan fingerprint density at radius 2 is 1.93 bits per heavy atom. The van der Waals surface area contributed by atoms with Crippen molar-refractivity contribution >= 4 is 59.9 Å². The maximum atomic E-state index is 12.6. The lowest BCUT2D eigenvalue weighted by atomic mass is 10.0. The Balaban J connectivity index is 1.92. The molecule has 0 atom stereocenters. The molecule has 138 valence electrons. The molecule has 0 unspecified atom stereocenters. The van der Waals surface area contributed by atoms with Crippen LogP contribution in [0.25, 0.3) is 10.8 Å². The summed E-state index contributed by atoms with van der Waals surface area (Å²) >= 11 is 6.75. The van der Waals surface area contributed by atoms with Gasteiger partial charge in [-0.15, -0.1) is 0 Å². The molecule has 3 aromatic rings. The predicted octanol–water partition coefficient (Wildman–Crippen LogP) is 5.46. The molecule has 0 aliphatic rings. The van der Waals surface area contributed by atoms with Gasteiger partial charge in [-0.05, 0) is 51.0 Å². The number of benzene rings is 3. The van der Waals surface area contributed by atoms with Crippen LogP contribution >= 0.6 is 31.9 Å². The number of nitrogens with zero attached hydrogens (tertiary/aromatic N) is 1. The van der Waals surface area contributed by atoms with E-state index in [0.717, 1.165) is 20.8 Å². The number of hydrogen-bond donors (Lipinski definition) is 1. The van der Waals surface area contributed by atoms with Crippen LogP contribution < -0.4 is 10.1 Å². The number of anilines is 1. The van der Waals surface area contributed by atoms with Crippen LogP contribution in [-0.2, 0) is 11.2 Å². The van der Waals surface area contributed by atoms with Gasteiger partial charge < -0.3 is 10.1 Å². The summed E-state index contributed by atoms with van der Waals surface area (Å²) in [6.45, 7) is 0. The van der Waals surface area contributed by atoms with Crippen LogP contribution in [0.1, 0.15) is 5.56 Å². The van der Waals surface area contributed by atoms with Crippen molar-refractivity contribution in [2.45, 2.75) is 6.42 Å². The molecule has 0 heterocycles. The molecular weight excluding hydrogens is 480 g/mol. The normalized spacial score (nSPS) is 10.6. The smallest absolute Gasteiger partial charge is 0.271 e. The summed E-state index contributed by atoms with van der Waals surface area (Å²) in [4.78, 5) is 23.1. The number of hydrogen-bond acceptors (Lipinski definition) is 4. The zero-order valence-corrected chi connectivity index (χ0v) is 17.3. The third-order valence-corrected chi connectivity index (χ3v) is 5.23. The Morgan fingerprint density at radius 1 is 1.15 bits per heavy atom. The van der Waals surface area contributed by atoms with Crippen LogP contribution in [0, 0.1) is 10.1 Å². The van der Waals surface area contributed by atoms with Crippen molar-refractivity contribution in [2.24, 2.45) is 0 Å². The van der Waals surface area contributed by atoms with Crippen LogP contribution in [-0.4, -0.2) is 17.9 Å². The number of carbonyl (C=O) groups excluding carboxylic acids is 1. The minimum atomic E-state index is -0.506. The topological polar surface area (TPSA) is 81.5 Å². The maximum Gasteiger partial charge on any atom is 0.271 e. The Kier molecular flexibility index (Phi) is 5.76. The Labute approximate surface area is 171 Å². The van der Waals surface area contributed by atoms with Crippen molar-refractivity contribution in [1.29, 1.82) is 0 Å². The number of nitro groups is 1. The maximum absolute atomic E-state index is 12.6. The first kappa shape index (κ1) is 19.3. The summed E-state index contributed by atoms with van der Waals surface area (Å²) in [6, 6.07) is 13.8. The average molecular weight is 494 g/mol. The fourth-order valence-electron chi connectivity index (χ4n) is 2.80. The van der Waals surface area contributed by atoms with E-state index in [9.17, 15) is 14.9 Å². The molecule has 3 aromatic carbocycles. The number of nitrogens with one attached hydrogen (secondary N) is 1. The van der Waals surface area contributed by atoms with Gasteiger partial charge in [0.25, 0.3) is 5.69 Å². The zero-order chi connectivity index (χ0) is 19.6. The molecule has 6 nitrogen and oxygen atoms in total. The van der Waals surface area contributed by atoms with Crippen molar-refractivity contribution in [3.8, 4) is 5.75 Å². The molecule has 3 rings (SSSR count). The molecule has 0 fully saturated rings. The minimum absolute atomic E-state index is 0.0667. The van der Waals surface area contributed by atoms with Crippen molar-refractivity contribution in [1.82, 2.24) is 0 Å². The van der Waals surface area contributed by atoms with Gasteiger partial charge in [-0.2, -0.15) is 0 Å². The molecule has 1 N–H and O–H groups in total. The van der Waals surface area contributed by atoms with Gasteiger partial charge in [0.05, 0.1) is 24.1 Å². The van der Waals surface area contributed by atoms with E-state index in [2.05, 4.69) is 37.2 Å². The molecule has 0 radical (unpaired) electrons. The molecule has 8 heteroatoms. The summed E-state index contributed by atoms with van der Waals surface area (Å²) < 4.78 is 6.92. The van der Waals surface area contributed by atoms with Gasteiger partial charge in [-0.1, -0.05) is 28.1 Å². The quantitative estimate of drug-likeness (QED) is 0.377. The number of rotatable bonds is 5. The number of fused-ring (bicyclic) bond motifs is 1. The zero-order valence-electron chi connectivity index (χ0n) is 14.2. The van der Waals surface area contributed by atoms with E-state index in [0.29, 0.717) is 15.9 Å². The lowest BCUT2D eigenvalue weighted by Crippen LogP contribution is -2.15. The second-order valence-electron chi connectivity index (χ2n) is 5.76. The first-order chi connectivity index (χ1) is 12.9. The van der Waals surface area contributed by atoms with E-state index in [1.54, 1.807) is 7.11 Å². The Morgan fingerprint density at radius 3 is 2.63 bits per heavy atom. The SMILES string of the molecule is COc1ccc2cc(Br)ccc2c1CC(=O)Nc1cc([N+](=O)[O-])ccc1Br.